The number of anilines is 1. The van der Waals surface area contributed by atoms with Crippen LogP contribution in [0.2, 0.25) is 0 Å². The number of hydrogen-bond acceptors (Lipinski definition) is 5. The number of nitrogens with zero attached hydrogens (tertiary/aromatic N) is 4. The summed E-state index contributed by atoms with van der Waals surface area (Å²) in [4.78, 5) is 23.9. The highest BCUT2D eigenvalue weighted by atomic mass is 32.1. The van der Waals surface area contributed by atoms with Crippen LogP contribution in [0, 0.1) is 18.7 Å². The Balaban J connectivity index is 1.53. The highest BCUT2D eigenvalue weighted by Gasteiger charge is 2.22. The van der Waals surface area contributed by atoms with Crippen LogP contribution in [0.4, 0.5) is 9.52 Å². The Kier molecular flexibility index (Phi) is 4.25. The molecule has 0 saturated carbocycles. The van der Waals surface area contributed by atoms with Gasteiger partial charge in [-0.15, -0.1) is 11.3 Å². The molecule has 7 heteroatoms. The summed E-state index contributed by atoms with van der Waals surface area (Å²) in [5.41, 5.74) is 0.349. The summed E-state index contributed by atoms with van der Waals surface area (Å²) in [5, 5.41) is 3.54. The van der Waals surface area contributed by atoms with E-state index < -0.39 is 0 Å². The minimum atomic E-state index is -0.369. The zero-order valence-corrected chi connectivity index (χ0v) is 14.8. The van der Waals surface area contributed by atoms with Crippen molar-refractivity contribution in [1.29, 1.82) is 0 Å². The maximum Gasteiger partial charge on any atom is 0.261 e. The molecule has 4 rings (SSSR count). The van der Waals surface area contributed by atoms with Gasteiger partial charge in [0, 0.05) is 37.3 Å². The van der Waals surface area contributed by atoms with Crippen molar-refractivity contribution < 1.29 is 4.39 Å². The molecule has 1 fully saturated rings. The number of hydrogen-bond donors (Lipinski definition) is 0. The van der Waals surface area contributed by atoms with Crippen molar-refractivity contribution in [2.45, 2.75) is 26.3 Å². The van der Waals surface area contributed by atoms with Crippen molar-refractivity contribution in [3.63, 3.8) is 0 Å². The first-order valence-corrected chi connectivity index (χ1v) is 9.31. The van der Waals surface area contributed by atoms with E-state index in [1.807, 2.05) is 18.5 Å². The predicted octanol–water partition coefficient (Wildman–Crippen LogP) is 3.22. The highest BCUT2D eigenvalue weighted by molar-refractivity contribution is 7.13. The molecule has 1 aliphatic rings. The lowest BCUT2D eigenvalue weighted by molar-refractivity contribution is 0.348. The van der Waals surface area contributed by atoms with E-state index in [1.54, 1.807) is 15.9 Å². The van der Waals surface area contributed by atoms with E-state index in [0.29, 0.717) is 29.2 Å². The summed E-state index contributed by atoms with van der Waals surface area (Å²) < 4.78 is 15.1. The lowest BCUT2D eigenvalue weighted by Gasteiger charge is -2.32. The third-order valence-corrected chi connectivity index (χ3v) is 5.69. The number of fused-ring (bicyclic) bond motifs is 1. The third-order valence-electron chi connectivity index (χ3n) is 4.85. The van der Waals surface area contributed by atoms with Gasteiger partial charge in [-0.3, -0.25) is 9.36 Å². The Morgan fingerprint density at radius 2 is 2.12 bits per heavy atom. The number of benzene rings is 1. The lowest BCUT2D eigenvalue weighted by Crippen LogP contribution is -2.37. The van der Waals surface area contributed by atoms with Crippen molar-refractivity contribution >= 4 is 27.4 Å². The van der Waals surface area contributed by atoms with Crippen LogP contribution in [-0.2, 0) is 6.54 Å². The third kappa shape index (κ3) is 3.16. The number of aromatic nitrogens is 3. The first kappa shape index (κ1) is 16.2. The van der Waals surface area contributed by atoms with Crippen molar-refractivity contribution in [3.05, 3.63) is 51.8 Å². The van der Waals surface area contributed by atoms with Crippen LogP contribution in [0.5, 0.6) is 0 Å². The summed E-state index contributed by atoms with van der Waals surface area (Å²) >= 11 is 1.66. The quantitative estimate of drug-likeness (QED) is 0.721. The molecule has 0 unspecified atom stereocenters. The van der Waals surface area contributed by atoms with Crippen molar-refractivity contribution in [2.24, 2.45) is 5.92 Å². The molecule has 25 heavy (non-hydrogen) atoms. The Bertz CT molecular complexity index is 946. The smallest absolute Gasteiger partial charge is 0.261 e. The van der Waals surface area contributed by atoms with Gasteiger partial charge in [-0.1, -0.05) is 0 Å². The van der Waals surface area contributed by atoms with Crippen molar-refractivity contribution in [1.82, 2.24) is 14.5 Å². The van der Waals surface area contributed by atoms with Crippen LogP contribution < -0.4 is 10.5 Å². The first-order chi connectivity index (χ1) is 12.1. The van der Waals surface area contributed by atoms with Crippen LogP contribution in [-0.4, -0.2) is 27.6 Å². The van der Waals surface area contributed by atoms with E-state index in [-0.39, 0.29) is 11.4 Å². The van der Waals surface area contributed by atoms with E-state index in [2.05, 4.69) is 14.9 Å². The Morgan fingerprint density at radius 3 is 2.84 bits per heavy atom. The Labute approximate surface area is 148 Å². The lowest BCUT2D eigenvalue weighted by atomic mass is 9.97. The number of rotatable bonds is 3. The van der Waals surface area contributed by atoms with Gasteiger partial charge in [0.25, 0.3) is 5.56 Å². The summed E-state index contributed by atoms with van der Waals surface area (Å²) in [7, 11) is 0. The van der Waals surface area contributed by atoms with E-state index in [1.165, 1.54) is 18.2 Å². The van der Waals surface area contributed by atoms with E-state index >= 15 is 0 Å². The molecule has 2 aromatic heterocycles. The zero-order valence-electron chi connectivity index (χ0n) is 14.0. The van der Waals surface area contributed by atoms with Crippen molar-refractivity contribution in [2.75, 3.05) is 18.0 Å². The minimum absolute atomic E-state index is 0.0788. The van der Waals surface area contributed by atoms with Gasteiger partial charge in [0.1, 0.15) is 11.6 Å². The molecular weight excluding hydrogens is 339 g/mol. The van der Waals surface area contributed by atoms with Crippen LogP contribution in [0.3, 0.4) is 0 Å². The van der Waals surface area contributed by atoms with E-state index in [4.69, 9.17) is 0 Å². The molecule has 3 heterocycles. The molecule has 1 aromatic carbocycles. The molecule has 1 aliphatic heterocycles. The molecule has 0 radical (unpaired) electrons. The monoisotopic (exact) mass is 358 g/mol. The SMILES string of the molecule is Cc1nc2cc(F)ccc2c(=O)n1CC1CCN(c2nccs2)CC1. The molecular formula is C18H19FN4OS. The second-order valence-electron chi connectivity index (χ2n) is 6.48. The van der Waals surface area contributed by atoms with Crippen LogP contribution >= 0.6 is 11.3 Å². The van der Waals surface area contributed by atoms with Gasteiger partial charge in [-0.2, -0.15) is 0 Å². The molecule has 0 aliphatic carbocycles. The maximum atomic E-state index is 13.4. The van der Waals surface area contributed by atoms with Crippen LogP contribution in [0.1, 0.15) is 18.7 Å². The fraction of sp³-hybridized carbons (Fsp3) is 0.389. The predicted molar refractivity (Wildman–Crippen MR) is 97.7 cm³/mol. The van der Waals surface area contributed by atoms with Gasteiger partial charge in [0.2, 0.25) is 0 Å². The Hall–Kier alpha value is -2.28. The zero-order chi connectivity index (χ0) is 17.4. The van der Waals surface area contributed by atoms with Gasteiger partial charge in [-0.05, 0) is 37.8 Å². The average Bonchev–Trinajstić information content (AvgIpc) is 3.13. The summed E-state index contributed by atoms with van der Waals surface area (Å²) in [5.74, 6) is 0.712. The van der Waals surface area contributed by atoms with E-state index in [9.17, 15) is 9.18 Å². The first-order valence-electron chi connectivity index (χ1n) is 8.43. The maximum absolute atomic E-state index is 13.4. The van der Waals surface area contributed by atoms with Gasteiger partial charge in [-0.25, -0.2) is 14.4 Å². The molecule has 0 N–H and O–H groups in total. The van der Waals surface area contributed by atoms with Gasteiger partial charge in [0.05, 0.1) is 10.9 Å². The molecule has 5 nitrogen and oxygen atoms in total. The average molecular weight is 358 g/mol. The normalized spacial score (nSPS) is 15.8. The fourth-order valence-corrected chi connectivity index (χ4v) is 4.15. The van der Waals surface area contributed by atoms with Crippen LogP contribution in [0.15, 0.2) is 34.6 Å². The minimum Gasteiger partial charge on any atom is -0.348 e. The largest absolute Gasteiger partial charge is 0.348 e. The second-order valence-corrected chi connectivity index (χ2v) is 7.35. The molecule has 130 valence electrons. The molecule has 3 aromatic rings. The standard InChI is InChI=1S/C18H19FN4OS/c1-12-21-16-10-14(19)2-3-15(16)17(24)23(12)11-13-4-7-22(8-5-13)18-20-6-9-25-18/h2-3,6,9-10,13H,4-5,7-8,11H2,1H3. The summed E-state index contributed by atoms with van der Waals surface area (Å²) in [6.07, 6.45) is 3.87. The molecule has 0 spiro atoms. The number of halogens is 1. The Morgan fingerprint density at radius 1 is 1.32 bits per heavy atom. The molecule has 0 bridgehead atoms. The summed E-state index contributed by atoms with van der Waals surface area (Å²) in [6, 6.07) is 4.17. The van der Waals surface area contributed by atoms with E-state index in [0.717, 1.165) is 31.1 Å². The number of thiazole rings is 1. The summed E-state index contributed by atoms with van der Waals surface area (Å²) in [6.45, 7) is 4.39. The van der Waals surface area contributed by atoms with Gasteiger partial charge < -0.3 is 4.90 Å². The fourth-order valence-electron chi connectivity index (χ4n) is 3.46. The highest BCUT2D eigenvalue weighted by Crippen LogP contribution is 2.25. The van der Waals surface area contributed by atoms with Crippen molar-refractivity contribution in [3.8, 4) is 0 Å². The second kappa shape index (κ2) is 6.55. The molecule has 0 atom stereocenters. The number of piperidine rings is 1. The van der Waals surface area contributed by atoms with Crippen LogP contribution in [0.25, 0.3) is 10.9 Å². The van der Waals surface area contributed by atoms with Gasteiger partial charge >= 0.3 is 0 Å². The number of aryl methyl sites for hydroxylation is 1. The molecule has 0 amide bonds. The molecule has 1 saturated heterocycles. The topological polar surface area (TPSA) is 51.0 Å². The van der Waals surface area contributed by atoms with Gasteiger partial charge in [0.15, 0.2) is 5.13 Å².